The molecule has 2 aromatic heterocycles. The van der Waals surface area contributed by atoms with Crippen LogP contribution in [0.4, 0.5) is 11.4 Å². The Bertz CT molecular complexity index is 1200. The highest BCUT2D eigenvalue weighted by molar-refractivity contribution is 6.05. The van der Waals surface area contributed by atoms with Crippen LogP contribution in [0.25, 0.3) is 10.9 Å². The number of hydrogen-bond donors (Lipinski definition) is 1. The average Bonchev–Trinajstić information content (AvgIpc) is 3.33. The van der Waals surface area contributed by atoms with Gasteiger partial charge in [-0.25, -0.2) is 0 Å². The van der Waals surface area contributed by atoms with Crippen LogP contribution in [-0.2, 0) is 13.0 Å². The van der Waals surface area contributed by atoms with E-state index in [1.54, 1.807) is 18.5 Å². The van der Waals surface area contributed by atoms with Crippen molar-refractivity contribution >= 4 is 28.2 Å². The summed E-state index contributed by atoms with van der Waals surface area (Å²) in [4.78, 5) is 19.6. The molecule has 0 fully saturated rings. The lowest BCUT2D eigenvalue weighted by molar-refractivity contribution is 0.102. The fourth-order valence-electron chi connectivity index (χ4n) is 4.03. The third kappa shape index (κ3) is 3.25. The van der Waals surface area contributed by atoms with Crippen LogP contribution in [0.15, 0.2) is 77.5 Å². The van der Waals surface area contributed by atoms with Crippen LogP contribution in [0.2, 0.25) is 0 Å². The van der Waals surface area contributed by atoms with Gasteiger partial charge in [0.1, 0.15) is 5.76 Å². The fourth-order valence-corrected chi connectivity index (χ4v) is 4.03. The molecule has 1 aliphatic rings. The lowest BCUT2D eigenvalue weighted by Gasteiger charge is -2.24. The van der Waals surface area contributed by atoms with E-state index >= 15 is 0 Å². The van der Waals surface area contributed by atoms with Gasteiger partial charge in [0, 0.05) is 17.1 Å². The van der Waals surface area contributed by atoms with Gasteiger partial charge in [-0.3, -0.25) is 9.78 Å². The molecule has 5 heteroatoms. The minimum absolute atomic E-state index is 0.189. The summed E-state index contributed by atoms with van der Waals surface area (Å²) in [6.07, 6.45) is 4.26. The highest BCUT2D eigenvalue weighted by Gasteiger charge is 2.28. The second-order valence-corrected chi connectivity index (χ2v) is 7.44. The van der Waals surface area contributed by atoms with E-state index in [1.165, 1.54) is 11.3 Å². The van der Waals surface area contributed by atoms with Gasteiger partial charge in [-0.05, 0) is 43.2 Å². The molecule has 3 heterocycles. The number of amides is 1. The molecule has 5 rings (SSSR count). The molecule has 1 atom stereocenters. The highest BCUT2D eigenvalue weighted by atomic mass is 16.3. The second kappa shape index (κ2) is 7.09. The van der Waals surface area contributed by atoms with Gasteiger partial charge in [-0.2, -0.15) is 0 Å². The number of para-hydroxylation sites is 2. The van der Waals surface area contributed by atoms with Crippen LogP contribution in [0.3, 0.4) is 0 Å². The molecule has 0 radical (unpaired) electrons. The van der Waals surface area contributed by atoms with Gasteiger partial charge in [0.15, 0.2) is 0 Å². The van der Waals surface area contributed by atoms with Gasteiger partial charge in [0.25, 0.3) is 5.91 Å². The molecule has 1 amide bonds. The molecule has 1 N–H and O–H groups in total. The number of hydrogen-bond acceptors (Lipinski definition) is 4. The van der Waals surface area contributed by atoms with Gasteiger partial charge in [-0.15, -0.1) is 0 Å². The van der Waals surface area contributed by atoms with Gasteiger partial charge < -0.3 is 14.6 Å². The summed E-state index contributed by atoms with van der Waals surface area (Å²) in [6.45, 7) is 2.76. The topological polar surface area (TPSA) is 58.4 Å². The number of pyridine rings is 1. The Hall–Kier alpha value is -3.60. The van der Waals surface area contributed by atoms with Crippen molar-refractivity contribution in [2.24, 2.45) is 0 Å². The van der Waals surface area contributed by atoms with Crippen molar-refractivity contribution in [3.8, 4) is 0 Å². The number of benzene rings is 2. The van der Waals surface area contributed by atoms with E-state index in [-0.39, 0.29) is 5.91 Å². The molecule has 2 aromatic carbocycles. The van der Waals surface area contributed by atoms with Crippen LogP contribution in [0.1, 0.15) is 28.6 Å². The molecule has 1 unspecified atom stereocenters. The first-order valence-electron chi connectivity index (χ1n) is 9.76. The molecule has 5 nitrogen and oxygen atoms in total. The molecule has 0 saturated carbocycles. The number of nitrogens with zero attached hydrogens (tertiary/aromatic N) is 2. The number of carbonyl (C=O) groups is 1. The number of anilines is 2. The molecule has 144 valence electrons. The predicted octanol–water partition coefficient (Wildman–Crippen LogP) is 5.03. The van der Waals surface area contributed by atoms with E-state index in [1.807, 2.05) is 36.4 Å². The summed E-state index contributed by atoms with van der Waals surface area (Å²) in [5, 5.41) is 3.94. The normalized spacial score (nSPS) is 15.5. The summed E-state index contributed by atoms with van der Waals surface area (Å²) in [5.41, 5.74) is 4.66. The largest absolute Gasteiger partial charge is 0.467 e. The van der Waals surface area contributed by atoms with Crippen molar-refractivity contribution < 1.29 is 9.21 Å². The standard InChI is InChI=1S/C24H21N3O2/c1-16-12-18-7-3-5-9-22(18)27(16)15-23-20(10-11-29-23)24(28)26-19-13-17-6-2-4-8-21(17)25-14-19/h2-11,13-14,16H,12,15H2,1H3,(H,26,28). The lowest BCUT2D eigenvalue weighted by Crippen LogP contribution is -2.29. The molecule has 0 spiro atoms. The van der Waals surface area contributed by atoms with E-state index < -0.39 is 0 Å². The maximum absolute atomic E-state index is 12.9. The van der Waals surface area contributed by atoms with Crippen LogP contribution < -0.4 is 10.2 Å². The number of nitrogens with one attached hydrogen (secondary N) is 1. The Morgan fingerprint density at radius 1 is 1.17 bits per heavy atom. The maximum Gasteiger partial charge on any atom is 0.259 e. The first kappa shape index (κ1) is 17.5. The van der Waals surface area contributed by atoms with E-state index in [2.05, 4.69) is 40.3 Å². The van der Waals surface area contributed by atoms with Crippen molar-refractivity contribution in [1.29, 1.82) is 0 Å². The Labute approximate surface area is 169 Å². The van der Waals surface area contributed by atoms with Crippen molar-refractivity contribution in [2.45, 2.75) is 25.9 Å². The van der Waals surface area contributed by atoms with Crippen molar-refractivity contribution in [3.05, 3.63) is 90.0 Å². The number of furan rings is 1. The average molecular weight is 383 g/mol. The maximum atomic E-state index is 12.9. The Balaban J connectivity index is 1.37. The van der Waals surface area contributed by atoms with E-state index in [4.69, 9.17) is 4.42 Å². The number of carbonyl (C=O) groups excluding carboxylic acids is 1. The van der Waals surface area contributed by atoms with Crippen LogP contribution in [0.5, 0.6) is 0 Å². The first-order chi connectivity index (χ1) is 14.2. The van der Waals surface area contributed by atoms with Crippen LogP contribution in [-0.4, -0.2) is 16.9 Å². The van der Waals surface area contributed by atoms with Gasteiger partial charge in [-0.1, -0.05) is 36.4 Å². The minimum Gasteiger partial charge on any atom is -0.467 e. The Morgan fingerprint density at radius 3 is 2.93 bits per heavy atom. The minimum atomic E-state index is -0.189. The van der Waals surface area contributed by atoms with E-state index in [0.29, 0.717) is 29.6 Å². The third-order valence-electron chi connectivity index (χ3n) is 5.50. The lowest BCUT2D eigenvalue weighted by atomic mass is 10.1. The zero-order valence-electron chi connectivity index (χ0n) is 16.1. The number of rotatable bonds is 4. The quantitative estimate of drug-likeness (QED) is 0.537. The fraction of sp³-hybridized carbons (Fsp3) is 0.167. The van der Waals surface area contributed by atoms with Crippen LogP contribution in [0, 0.1) is 0 Å². The molecular formula is C24H21N3O2. The summed E-state index contributed by atoms with van der Waals surface area (Å²) < 4.78 is 5.70. The summed E-state index contributed by atoms with van der Waals surface area (Å²) in [6, 6.07) is 20.3. The molecule has 4 aromatic rings. The van der Waals surface area contributed by atoms with Gasteiger partial charge >= 0.3 is 0 Å². The summed E-state index contributed by atoms with van der Waals surface area (Å²) in [5.74, 6) is 0.478. The molecule has 0 bridgehead atoms. The molecule has 29 heavy (non-hydrogen) atoms. The SMILES string of the molecule is CC1Cc2ccccc2N1Cc1occc1C(=O)Nc1cnc2ccccc2c1. The molecular weight excluding hydrogens is 362 g/mol. The zero-order valence-corrected chi connectivity index (χ0v) is 16.1. The molecule has 0 saturated heterocycles. The smallest absolute Gasteiger partial charge is 0.259 e. The molecule has 0 aliphatic carbocycles. The van der Waals surface area contributed by atoms with Crippen molar-refractivity contribution in [1.82, 2.24) is 4.98 Å². The monoisotopic (exact) mass is 383 g/mol. The van der Waals surface area contributed by atoms with Crippen molar-refractivity contribution in [2.75, 3.05) is 10.2 Å². The Morgan fingerprint density at radius 2 is 2.00 bits per heavy atom. The van der Waals surface area contributed by atoms with Gasteiger partial charge in [0.2, 0.25) is 0 Å². The van der Waals surface area contributed by atoms with Crippen molar-refractivity contribution in [3.63, 3.8) is 0 Å². The zero-order chi connectivity index (χ0) is 19.8. The summed E-state index contributed by atoms with van der Waals surface area (Å²) >= 11 is 0. The van der Waals surface area contributed by atoms with Gasteiger partial charge in [0.05, 0.1) is 35.8 Å². The number of fused-ring (bicyclic) bond motifs is 2. The second-order valence-electron chi connectivity index (χ2n) is 7.44. The van der Waals surface area contributed by atoms with E-state index in [0.717, 1.165) is 17.3 Å². The highest BCUT2D eigenvalue weighted by Crippen LogP contribution is 2.33. The predicted molar refractivity (Wildman–Crippen MR) is 114 cm³/mol. The Kier molecular flexibility index (Phi) is 4.28. The number of aromatic nitrogens is 1. The van der Waals surface area contributed by atoms with E-state index in [9.17, 15) is 4.79 Å². The van der Waals surface area contributed by atoms with Crippen LogP contribution >= 0.6 is 0 Å². The summed E-state index contributed by atoms with van der Waals surface area (Å²) in [7, 11) is 0. The first-order valence-corrected chi connectivity index (χ1v) is 9.76. The third-order valence-corrected chi connectivity index (χ3v) is 5.50. The molecule has 1 aliphatic heterocycles.